The van der Waals surface area contributed by atoms with Gasteiger partial charge in [0.05, 0.1) is 0 Å². The summed E-state index contributed by atoms with van der Waals surface area (Å²) in [5.74, 6) is 0.930. The van der Waals surface area contributed by atoms with E-state index in [0.717, 1.165) is 18.8 Å². The second-order valence-electron chi connectivity index (χ2n) is 3.42. The van der Waals surface area contributed by atoms with Crippen LogP contribution in [0.15, 0.2) is 0 Å². The Morgan fingerprint density at radius 1 is 1.40 bits per heavy atom. The molecule has 10 heavy (non-hydrogen) atoms. The van der Waals surface area contributed by atoms with E-state index in [4.69, 9.17) is 0 Å². The molecule has 0 saturated carbocycles. The first-order chi connectivity index (χ1) is 4.62. The van der Waals surface area contributed by atoms with Crippen molar-refractivity contribution in [3.63, 3.8) is 0 Å². The van der Waals surface area contributed by atoms with E-state index in [0.29, 0.717) is 5.41 Å². The average molecular weight is 161 g/mol. The number of rotatable bonds is 5. The lowest BCUT2D eigenvalue weighted by atomic mass is 9.90. The van der Waals surface area contributed by atoms with E-state index in [1.54, 1.807) is 0 Å². The zero-order valence-electron chi connectivity index (χ0n) is 7.28. The molecule has 0 spiro atoms. The normalized spacial score (nSPS) is 12.0. The van der Waals surface area contributed by atoms with Crippen LogP contribution in [0.2, 0.25) is 0 Å². The predicted molar refractivity (Wildman–Crippen MR) is 50.8 cm³/mol. The van der Waals surface area contributed by atoms with Crippen LogP contribution in [0.4, 0.5) is 0 Å². The number of hydrogen-bond acceptors (Lipinski definition) is 2. The zero-order chi connectivity index (χ0) is 8.04. The van der Waals surface area contributed by atoms with Gasteiger partial charge in [-0.3, -0.25) is 0 Å². The lowest BCUT2D eigenvalue weighted by Gasteiger charge is -2.22. The van der Waals surface area contributed by atoms with Crippen molar-refractivity contribution in [1.82, 2.24) is 5.32 Å². The molecule has 2 heteroatoms. The smallest absolute Gasteiger partial charge is 0.00399 e. The molecule has 1 nitrogen and oxygen atoms in total. The van der Waals surface area contributed by atoms with E-state index in [9.17, 15) is 0 Å². The average Bonchev–Trinajstić information content (AvgIpc) is 1.89. The quantitative estimate of drug-likeness (QED) is 0.464. The summed E-state index contributed by atoms with van der Waals surface area (Å²) in [5, 5.41) is 3.35. The van der Waals surface area contributed by atoms with Gasteiger partial charge in [0.15, 0.2) is 0 Å². The summed E-state index contributed by atoms with van der Waals surface area (Å²) in [6.45, 7) is 8.90. The molecule has 0 heterocycles. The fraction of sp³-hybridized carbons (Fsp3) is 1.00. The second-order valence-corrected chi connectivity index (χ2v) is 3.87. The van der Waals surface area contributed by atoms with Gasteiger partial charge in [-0.2, -0.15) is 12.6 Å². The van der Waals surface area contributed by atoms with Crippen LogP contribution >= 0.6 is 12.6 Å². The van der Waals surface area contributed by atoms with E-state index in [2.05, 4.69) is 38.7 Å². The zero-order valence-corrected chi connectivity index (χ0v) is 8.17. The minimum atomic E-state index is 0.447. The molecule has 62 valence electrons. The Morgan fingerprint density at radius 3 is 2.40 bits per heavy atom. The third-order valence-electron chi connectivity index (χ3n) is 1.85. The van der Waals surface area contributed by atoms with Gasteiger partial charge in [0.1, 0.15) is 0 Å². The lowest BCUT2D eigenvalue weighted by molar-refractivity contribution is 0.332. The summed E-state index contributed by atoms with van der Waals surface area (Å²) in [5.41, 5.74) is 0.447. The summed E-state index contributed by atoms with van der Waals surface area (Å²) in [6.07, 6.45) is 1.23. The van der Waals surface area contributed by atoms with Crippen molar-refractivity contribution in [2.75, 3.05) is 18.8 Å². The standard InChI is InChI=1S/C8H19NS/c1-4-8(2,3)7-9-5-6-10/h9-10H,4-7H2,1-3H3. The van der Waals surface area contributed by atoms with Crippen LogP contribution in [0.5, 0.6) is 0 Å². The highest BCUT2D eigenvalue weighted by Gasteiger charge is 2.12. The molecule has 0 aliphatic heterocycles. The van der Waals surface area contributed by atoms with Gasteiger partial charge in [-0.1, -0.05) is 20.8 Å². The number of nitrogens with one attached hydrogen (secondary N) is 1. The summed E-state index contributed by atoms with van der Waals surface area (Å²) in [6, 6.07) is 0. The molecule has 0 aromatic heterocycles. The molecule has 0 aromatic rings. The Labute approximate surface area is 70.0 Å². The Morgan fingerprint density at radius 2 is 2.00 bits per heavy atom. The maximum atomic E-state index is 4.12. The van der Waals surface area contributed by atoms with Gasteiger partial charge in [0, 0.05) is 18.8 Å². The Balaban J connectivity index is 3.28. The maximum Gasteiger partial charge on any atom is 0.00399 e. The summed E-state index contributed by atoms with van der Waals surface area (Å²) >= 11 is 4.12. The van der Waals surface area contributed by atoms with Gasteiger partial charge in [0.25, 0.3) is 0 Å². The third kappa shape index (κ3) is 5.12. The molecule has 0 atom stereocenters. The molecule has 0 fully saturated rings. The first kappa shape index (κ1) is 10.3. The fourth-order valence-electron chi connectivity index (χ4n) is 0.631. The van der Waals surface area contributed by atoms with Crippen LogP contribution in [-0.2, 0) is 0 Å². The van der Waals surface area contributed by atoms with Crippen molar-refractivity contribution >= 4 is 12.6 Å². The summed E-state index contributed by atoms with van der Waals surface area (Å²) in [7, 11) is 0. The molecular formula is C8H19NS. The molecule has 0 unspecified atom stereocenters. The summed E-state index contributed by atoms with van der Waals surface area (Å²) < 4.78 is 0. The molecule has 0 radical (unpaired) electrons. The van der Waals surface area contributed by atoms with Crippen molar-refractivity contribution in [2.24, 2.45) is 5.41 Å². The van der Waals surface area contributed by atoms with E-state index < -0.39 is 0 Å². The van der Waals surface area contributed by atoms with Crippen LogP contribution in [0.25, 0.3) is 0 Å². The molecule has 1 N–H and O–H groups in total. The van der Waals surface area contributed by atoms with Crippen molar-refractivity contribution in [3.05, 3.63) is 0 Å². The minimum Gasteiger partial charge on any atom is -0.315 e. The van der Waals surface area contributed by atoms with Gasteiger partial charge >= 0.3 is 0 Å². The monoisotopic (exact) mass is 161 g/mol. The van der Waals surface area contributed by atoms with Crippen LogP contribution in [-0.4, -0.2) is 18.8 Å². The van der Waals surface area contributed by atoms with Gasteiger partial charge in [-0.25, -0.2) is 0 Å². The Bertz CT molecular complexity index is 81.3. The number of hydrogen-bond donors (Lipinski definition) is 2. The minimum absolute atomic E-state index is 0.447. The van der Waals surface area contributed by atoms with Crippen molar-refractivity contribution in [3.8, 4) is 0 Å². The molecule has 0 bridgehead atoms. The SMILES string of the molecule is CCC(C)(C)CNCCS. The Kier molecular flexibility index (Phi) is 5.18. The van der Waals surface area contributed by atoms with Gasteiger partial charge in [0.2, 0.25) is 0 Å². The molecule has 0 saturated heterocycles. The van der Waals surface area contributed by atoms with E-state index >= 15 is 0 Å². The van der Waals surface area contributed by atoms with Crippen molar-refractivity contribution < 1.29 is 0 Å². The van der Waals surface area contributed by atoms with Crippen molar-refractivity contribution in [2.45, 2.75) is 27.2 Å². The van der Waals surface area contributed by atoms with Crippen LogP contribution in [0, 0.1) is 5.41 Å². The summed E-state index contributed by atoms with van der Waals surface area (Å²) in [4.78, 5) is 0. The molecule has 0 rings (SSSR count). The van der Waals surface area contributed by atoms with Crippen molar-refractivity contribution in [1.29, 1.82) is 0 Å². The molecule has 0 amide bonds. The van der Waals surface area contributed by atoms with Gasteiger partial charge < -0.3 is 5.32 Å². The Hall–Kier alpha value is 0.310. The fourth-order valence-corrected chi connectivity index (χ4v) is 0.789. The first-order valence-electron chi connectivity index (χ1n) is 3.94. The highest BCUT2D eigenvalue weighted by molar-refractivity contribution is 7.80. The van der Waals surface area contributed by atoms with E-state index in [-0.39, 0.29) is 0 Å². The van der Waals surface area contributed by atoms with E-state index in [1.165, 1.54) is 6.42 Å². The van der Waals surface area contributed by atoms with Gasteiger partial charge in [-0.15, -0.1) is 0 Å². The molecule has 0 aliphatic carbocycles. The largest absolute Gasteiger partial charge is 0.315 e. The molecule has 0 aromatic carbocycles. The highest BCUT2D eigenvalue weighted by atomic mass is 32.1. The lowest BCUT2D eigenvalue weighted by Crippen LogP contribution is -2.29. The maximum absolute atomic E-state index is 4.12. The van der Waals surface area contributed by atoms with Crippen LogP contribution < -0.4 is 5.32 Å². The van der Waals surface area contributed by atoms with Gasteiger partial charge in [-0.05, 0) is 11.8 Å². The molecular weight excluding hydrogens is 142 g/mol. The van der Waals surface area contributed by atoms with Crippen LogP contribution in [0.3, 0.4) is 0 Å². The topological polar surface area (TPSA) is 12.0 Å². The number of thiol groups is 1. The third-order valence-corrected chi connectivity index (χ3v) is 2.07. The predicted octanol–water partition coefficient (Wildman–Crippen LogP) is 1.94. The highest BCUT2D eigenvalue weighted by Crippen LogP contribution is 2.17. The van der Waals surface area contributed by atoms with Crippen LogP contribution in [0.1, 0.15) is 27.2 Å². The van der Waals surface area contributed by atoms with E-state index in [1.807, 2.05) is 0 Å². The molecule has 0 aliphatic rings. The first-order valence-corrected chi connectivity index (χ1v) is 4.57. The second kappa shape index (κ2) is 5.03.